The van der Waals surface area contributed by atoms with Crippen LogP contribution < -0.4 is 10.1 Å². The molecule has 3 aromatic heterocycles. The van der Waals surface area contributed by atoms with Crippen LogP contribution in [0.2, 0.25) is 0 Å². The van der Waals surface area contributed by atoms with E-state index in [0.29, 0.717) is 6.61 Å². The molecule has 0 amide bonds. The summed E-state index contributed by atoms with van der Waals surface area (Å²) in [7, 11) is 0. The van der Waals surface area contributed by atoms with Crippen LogP contribution >= 0.6 is 11.3 Å². The fourth-order valence-corrected chi connectivity index (χ4v) is 4.94. The van der Waals surface area contributed by atoms with Gasteiger partial charge in [-0.05, 0) is 43.7 Å². The molecule has 0 aliphatic heterocycles. The lowest BCUT2D eigenvalue weighted by molar-refractivity contribution is 0.319. The van der Waals surface area contributed by atoms with Crippen LogP contribution in [-0.4, -0.2) is 26.8 Å². The lowest BCUT2D eigenvalue weighted by Gasteiger charge is -2.15. The van der Waals surface area contributed by atoms with Gasteiger partial charge in [-0.1, -0.05) is 6.92 Å². The average molecular weight is 379 g/mol. The number of aryl methyl sites for hydroxylation is 2. The highest BCUT2D eigenvalue weighted by molar-refractivity contribution is 7.19. The largest absolute Gasteiger partial charge is 0.491 e. The summed E-state index contributed by atoms with van der Waals surface area (Å²) in [6, 6.07) is 4.07. The maximum atomic E-state index is 5.99. The van der Waals surface area contributed by atoms with E-state index in [2.05, 4.69) is 38.5 Å². The molecule has 1 aliphatic rings. The van der Waals surface area contributed by atoms with Crippen molar-refractivity contribution >= 4 is 44.0 Å². The van der Waals surface area contributed by atoms with Gasteiger partial charge in [0.15, 0.2) is 0 Å². The normalized spacial score (nSPS) is 13.8. The number of hydrogen-bond acceptors (Lipinski definition) is 6. The molecule has 2 N–H and O–H groups in total. The number of fused-ring (bicyclic) bond motifs is 4. The molecule has 3 heterocycles. The molecule has 4 aromatic rings. The van der Waals surface area contributed by atoms with Crippen LogP contribution in [0.4, 0.5) is 11.5 Å². The van der Waals surface area contributed by atoms with E-state index in [-0.39, 0.29) is 0 Å². The molecule has 7 heteroatoms. The second kappa shape index (κ2) is 6.81. The first-order chi connectivity index (χ1) is 13.3. The smallest absolute Gasteiger partial charge is 0.144 e. The minimum atomic E-state index is 0.668. The second-order valence-corrected chi connectivity index (χ2v) is 7.98. The molecule has 0 saturated heterocycles. The van der Waals surface area contributed by atoms with Gasteiger partial charge in [-0.25, -0.2) is 9.97 Å². The van der Waals surface area contributed by atoms with Gasteiger partial charge >= 0.3 is 0 Å². The maximum absolute atomic E-state index is 5.99. The summed E-state index contributed by atoms with van der Waals surface area (Å²) in [4.78, 5) is 11.6. The topological polar surface area (TPSA) is 75.7 Å². The van der Waals surface area contributed by atoms with Crippen LogP contribution in [0.5, 0.6) is 5.75 Å². The monoisotopic (exact) mass is 379 g/mol. The Labute approximate surface area is 161 Å². The molecule has 0 fully saturated rings. The predicted octanol–water partition coefficient (Wildman–Crippen LogP) is 4.98. The number of hydrogen-bond donors (Lipinski definition) is 2. The number of H-pyrrole nitrogens is 1. The lowest BCUT2D eigenvalue weighted by Crippen LogP contribution is -2.03. The van der Waals surface area contributed by atoms with Crippen LogP contribution in [0.15, 0.2) is 24.7 Å². The van der Waals surface area contributed by atoms with Gasteiger partial charge in [0.05, 0.1) is 29.4 Å². The van der Waals surface area contributed by atoms with Gasteiger partial charge in [-0.3, -0.25) is 5.10 Å². The second-order valence-electron chi connectivity index (χ2n) is 6.89. The van der Waals surface area contributed by atoms with E-state index in [4.69, 9.17) is 4.74 Å². The van der Waals surface area contributed by atoms with E-state index in [1.54, 1.807) is 6.33 Å². The van der Waals surface area contributed by atoms with Gasteiger partial charge in [0.1, 0.15) is 22.7 Å². The van der Waals surface area contributed by atoms with E-state index in [1.807, 2.05) is 23.6 Å². The van der Waals surface area contributed by atoms with Crippen molar-refractivity contribution < 1.29 is 4.74 Å². The van der Waals surface area contributed by atoms with E-state index in [0.717, 1.165) is 52.3 Å². The summed E-state index contributed by atoms with van der Waals surface area (Å²) < 4.78 is 5.99. The molecule has 0 atom stereocenters. The molecule has 0 saturated carbocycles. The summed E-state index contributed by atoms with van der Waals surface area (Å²) in [5.41, 5.74) is 3.30. The summed E-state index contributed by atoms with van der Waals surface area (Å²) >= 11 is 1.81. The number of nitrogens with one attached hydrogen (secondary N) is 2. The van der Waals surface area contributed by atoms with Crippen molar-refractivity contribution in [2.45, 2.75) is 39.0 Å². The molecule has 27 heavy (non-hydrogen) atoms. The molecule has 0 unspecified atom stereocenters. The molecule has 6 nitrogen and oxygen atoms in total. The summed E-state index contributed by atoms with van der Waals surface area (Å²) in [5.74, 6) is 1.67. The van der Waals surface area contributed by atoms with Crippen molar-refractivity contribution in [1.29, 1.82) is 0 Å². The zero-order valence-corrected chi connectivity index (χ0v) is 16.0. The van der Waals surface area contributed by atoms with Gasteiger partial charge in [-0.2, -0.15) is 5.10 Å². The average Bonchev–Trinajstić information content (AvgIpc) is 3.30. The van der Waals surface area contributed by atoms with Crippen LogP contribution in [0, 0.1) is 0 Å². The van der Waals surface area contributed by atoms with Crippen molar-refractivity contribution in [3.8, 4) is 5.75 Å². The molecule has 138 valence electrons. The first-order valence-electron chi connectivity index (χ1n) is 9.45. The Morgan fingerprint density at radius 1 is 1.22 bits per heavy atom. The molecular weight excluding hydrogens is 358 g/mol. The molecular formula is C20H21N5OS. The number of rotatable bonds is 5. The molecule has 1 aromatic carbocycles. The lowest BCUT2D eigenvalue weighted by atomic mass is 9.97. The first-order valence-corrected chi connectivity index (χ1v) is 10.3. The van der Waals surface area contributed by atoms with Crippen LogP contribution in [0.1, 0.15) is 36.6 Å². The molecule has 0 spiro atoms. The van der Waals surface area contributed by atoms with Gasteiger partial charge in [0, 0.05) is 16.3 Å². The standard InChI is InChI=1S/C20H21N5OS/c1-2-7-26-16-9-14-12(10-23-25-14)8-15(16)24-19-18-13-5-3-4-6-17(13)27-20(18)22-11-21-19/h8-11H,2-7H2,1H3,(H,23,25)(H,21,22,24). The van der Waals surface area contributed by atoms with Crippen LogP contribution in [0.3, 0.4) is 0 Å². The van der Waals surface area contributed by atoms with Crippen molar-refractivity contribution in [2.24, 2.45) is 0 Å². The Bertz CT molecular complexity index is 1120. The molecule has 5 rings (SSSR count). The molecule has 1 aliphatic carbocycles. The highest BCUT2D eigenvalue weighted by Gasteiger charge is 2.20. The minimum absolute atomic E-state index is 0.668. The first kappa shape index (κ1) is 16.5. The number of anilines is 2. The Balaban J connectivity index is 1.61. The van der Waals surface area contributed by atoms with Gasteiger partial charge < -0.3 is 10.1 Å². The van der Waals surface area contributed by atoms with Gasteiger partial charge in [0.25, 0.3) is 0 Å². The summed E-state index contributed by atoms with van der Waals surface area (Å²) in [5, 5.41) is 12.9. The zero-order chi connectivity index (χ0) is 18.2. The Morgan fingerprint density at radius 3 is 3.07 bits per heavy atom. The number of benzene rings is 1. The van der Waals surface area contributed by atoms with Crippen molar-refractivity contribution in [3.05, 3.63) is 35.1 Å². The highest BCUT2D eigenvalue weighted by Crippen LogP contribution is 2.40. The maximum Gasteiger partial charge on any atom is 0.144 e. The van der Waals surface area contributed by atoms with Crippen molar-refractivity contribution in [1.82, 2.24) is 20.2 Å². The van der Waals surface area contributed by atoms with E-state index in [1.165, 1.54) is 28.7 Å². The molecule has 0 bridgehead atoms. The van der Waals surface area contributed by atoms with Gasteiger partial charge in [-0.15, -0.1) is 11.3 Å². The Kier molecular flexibility index (Phi) is 4.16. The number of aromatic amines is 1. The third kappa shape index (κ3) is 2.92. The third-order valence-corrected chi connectivity index (χ3v) is 6.21. The Morgan fingerprint density at radius 2 is 2.15 bits per heavy atom. The zero-order valence-electron chi connectivity index (χ0n) is 15.2. The Hall–Kier alpha value is -2.67. The van der Waals surface area contributed by atoms with E-state index >= 15 is 0 Å². The van der Waals surface area contributed by atoms with Crippen molar-refractivity contribution in [2.75, 3.05) is 11.9 Å². The van der Waals surface area contributed by atoms with Gasteiger partial charge in [0.2, 0.25) is 0 Å². The predicted molar refractivity (Wildman–Crippen MR) is 109 cm³/mol. The summed E-state index contributed by atoms with van der Waals surface area (Å²) in [6.07, 6.45) is 9.19. The fraction of sp³-hybridized carbons (Fsp3) is 0.350. The molecule has 0 radical (unpaired) electrons. The SMILES string of the molecule is CCCOc1cc2[nH]ncc2cc1Nc1ncnc2sc3c(c12)CCCC3. The third-order valence-electron chi connectivity index (χ3n) is 5.01. The van der Waals surface area contributed by atoms with E-state index in [9.17, 15) is 0 Å². The quantitative estimate of drug-likeness (QED) is 0.511. The van der Waals surface area contributed by atoms with E-state index < -0.39 is 0 Å². The highest BCUT2D eigenvalue weighted by atomic mass is 32.1. The summed E-state index contributed by atoms with van der Waals surface area (Å²) in [6.45, 7) is 2.77. The van der Waals surface area contributed by atoms with Crippen LogP contribution in [0.25, 0.3) is 21.1 Å². The number of ether oxygens (including phenoxy) is 1. The number of aromatic nitrogens is 4. The fourth-order valence-electron chi connectivity index (χ4n) is 3.71. The number of thiophene rings is 1. The van der Waals surface area contributed by atoms with Crippen molar-refractivity contribution in [3.63, 3.8) is 0 Å². The minimum Gasteiger partial charge on any atom is -0.491 e. The number of nitrogens with zero attached hydrogens (tertiary/aromatic N) is 3. The van der Waals surface area contributed by atoms with Crippen LogP contribution in [-0.2, 0) is 12.8 Å².